The van der Waals surface area contributed by atoms with Crippen molar-refractivity contribution in [2.45, 2.75) is 18.9 Å². The third-order valence-electron chi connectivity index (χ3n) is 4.31. The minimum absolute atomic E-state index is 0.142. The summed E-state index contributed by atoms with van der Waals surface area (Å²) in [5.41, 5.74) is 2.45. The van der Waals surface area contributed by atoms with Gasteiger partial charge in [-0.15, -0.1) is 5.10 Å². The Bertz CT molecular complexity index is 951. The van der Waals surface area contributed by atoms with E-state index in [0.29, 0.717) is 17.5 Å². The molecule has 0 atom stereocenters. The lowest BCUT2D eigenvalue weighted by molar-refractivity contribution is -0.114. The van der Waals surface area contributed by atoms with Gasteiger partial charge in [0.05, 0.1) is 19.7 Å². The number of carbonyl (C=O) groups is 1. The summed E-state index contributed by atoms with van der Waals surface area (Å²) in [7, 11) is 1.59. The van der Waals surface area contributed by atoms with E-state index in [1.54, 1.807) is 13.2 Å². The van der Waals surface area contributed by atoms with Gasteiger partial charge in [0.15, 0.2) is 5.82 Å². The quantitative estimate of drug-likeness (QED) is 0.669. The Balaban J connectivity index is 1.39. The van der Waals surface area contributed by atoms with Crippen molar-refractivity contribution in [2.24, 2.45) is 0 Å². The number of benzene rings is 2. The highest BCUT2D eigenvalue weighted by Crippen LogP contribution is 2.36. The minimum atomic E-state index is -0.142. The fourth-order valence-corrected chi connectivity index (χ4v) is 2.81. The molecule has 27 heavy (non-hydrogen) atoms. The number of ether oxygens (including phenoxy) is 1. The zero-order valence-electron chi connectivity index (χ0n) is 14.9. The van der Waals surface area contributed by atoms with Crippen molar-refractivity contribution in [3.8, 4) is 17.1 Å². The summed E-state index contributed by atoms with van der Waals surface area (Å²) < 4.78 is 7.03. The average molecular weight is 364 g/mol. The second kappa shape index (κ2) is 7.45. The van der Waals surface area contributed by atoms with Crippen molar-refractivity contribution >= 4 is 17.3 Å². The van der Waals surface area contributed by atoms with Crippen molar-refractivity contribution in [3.05, 3.63) is 48.5 Å². The lowest BCUT2D eigenvalue weighted by atomic mass is 10.2. The van der Waals surface area contributed by atoms with Gasteiger partial charge < -0.3 is 15.4 Å². The molecule has 8 nitrogen and oxygen atoms in total. The Morgan fingerprint density at radius 2 is 2.00 bits per heavy atom. The molecule has 0 radical (unpaired) electrons. The van der Waals surface area contributed by atoms with Gasteiger partial charge in [0.1, 0.15) is 5.75 Å². The number of anilines is 2. The molecule has 8 heteroatoms. The molecule has 0 spiro atoms. The number of nitrogens with one attached hydrogen (secondary N) is 2. The zero-order chi connectivity index (χ0) is 18.6. The number of rotatable bonds is 7. The standard InChI is InChI=1S/C19H20N6O2/c1-27-17-7-3-6-15(11-17)21-18(26)12-20-14-5-2-4-13(10-14)19-22-23-24-25(19)16-8-9-16/h2-7,10-11,16,20H,8-9,12H2,1H3,(H,21,26). The second-order valence-electron chi connectivity index (χ2n) is 6.39. The molecule has 1 amide bonds. The summed E-state index contributed by atoms with van der Waals surface area (Å²) >= 11 is 0. The molecule has 1 aliphatic carbocycles. The molecule has 0 unspecified atom stereocenters. The van der Waals surface area contributed by atoms with E-state index in [0.717, 1.165) is 29.9 Å². The number of amides is 1. The van der Waals surface area contributed by atoms with Crippen LogP contribution in [-0.4, -0.2) is 39.8 Å². The van der Waals surface area contributed by atoms with Crippen LogP contribution in [0.25, 0.3) is 11.4 Å². The first-order chi connectivity index (χ1) is 13.2. The van der Waals surface area contributed by atoms with Crippen LogP contribution in [0.15, 0.2) is 48.5 Å². The fraction of sp³-hybridized carbons (Fsp3) is 0.263. The monoisotopic (exact) mass is 364 g/mol. The van der Waals surface area contributed by atoms with Gasteiger partial charge in [-0.25, -0.2) is 4.68 Å². The average Bonchev–Trinajstić information content (AvgIpc) is 3.43. The molecule has 0 saturated heterocycles. The van der Waals surface area contributed by atoms with E-state index in [2.05, 4.69) is 26.2 Å². The first-order valence-electron chi connectivity index (χ1n) is 8.79. The number of aromatic nitrogens is 4. The highest BCUT2D eigenvalue weighted by molar-refractivity contribution is 5.94. The lowest BCUT2D eigenvalue weighted by Crippen LogP contribution is -2.21. The number of methoxy groups -OCH3 is 1. The van der Waals surface area contributed by atoms with Gasteiger partial charge in [-0.2, -0.15) is 0 Å². The van der Waals surface area contributed by atoms with Crippen molar-refractivity contribution in [1.29, 1.82) is 0 Å². The lowest BCUT2D eigenvalue weighted by Gasteiger charge is -2.10. The Morgan fingerprint density at radius 1 is 1.19 bits per heavy atom. The van der Waals surface area contributed by atoms with Crippen LogP contribution in [0.1, 0.15) is 18.9 Å². The predicted molar refractivity (Wildman–Crippen MR) is 102 cm³/mol. The van der Waals surface area contributed by atoms with Crippen molar-refractivity contribution in [2.75, 3.05) is 24.3 Å². The van der Waals surface area contributed by atoms with E-state index >= 15 is 0 Å². The predicted octanol–water partition coefficient (Wildman–Crippen LogP) is 2.73. The number of hydrogen-bond acceptors (Lipinski definition) is 6. The Kier molecular flexibility index (Phi) is 4.69. The molecule has 1 aromatic heterocycles. The molecule has 0 aliphatic heterocycles. The molecule has 3 aromatic rings. The topological polar surface area (TPSA) is 94.0 Å². The molecule has 0 bridgehead atoms. The van der Waals surface area contributed by atoms with E-state index in [1.165, 1.54) is 0 Å². The minimum Gasteiger partial charge on any atom is -0.497 e. The van der Waals surface area contributed by atoms with Gasteiger partial charge in [-0.1, -0.05) is 18.2 Å². The molecule has 1 heterocycles. The van der Waals surface area contributed by atoms with E-state index in [9.17, 15) is 4.79 Å². The van der Waals surface area contributed by atoms with Gasteiger partial charge in [-0.3, -0.25) is 4.79 Å². The molecule has 4 rings (SSSR count). The van der Waals surface area contributed by atoms with Gasteiger partial charge in [-0.05, 0) is 47.5 Å². The molecule has 1 aliphatic rings. The molecular formula is C19H20N6O2. The van der Waals surface area contributed by atoms with Crippen molar-refractivity contribution in [3.63, 3.8) is 0 Å². The maximum atomic E-state index is 12.2. The summed E-state index contributed by atoms with van der Waals surface area (Å²) in [5, 5.41) is 18.0. The molecule has 2 N–H and O–H groups in total. The van der Waals surface area contributed by atoms with Gasteiger partial charge in [0.25, 0.3) is 0 Å². The third kappa shape index (κ3) is 4.05. The molecule has 1 saturated carbocycles. The Labute approximate surface area is 156 Å². The molecule has 138 valence electrons. The van der Waals surface area contributed by atoms with E-state index < -0.39 is 0 Å². The van der Waals surface area contributed by atoms with Crippen LogP contribution >= 0.6 is 0 Å². The highest BCUT2D eigenvalue weighted by Gasteiger charge is 2.28. The van der Waals surface area contributed by atoms with Gasteiger partial charge in [0, 0.05) is 23.0 Å². The molecular weight excluding hydrogens is 344 g/mol. The Hall–Kier alpha value is -3.42. The Morgan fingerprint density at radius 3 is 2.81 bits per heavy atom. The second-order valence-corrected chi connectivity index (χ2v) is 6.39. The van der Waals surface area contributed by atoms with Crippen LogP contribution in [0.5, 0.6) is 5.75 Å². The number of hydrogen-bond donors (Lipinski definition) is 2. The third-order valence-corrected chi connectivity index (χ3v) is 4.31. The summed E-state index contributed by atoms with van der Waals surface area (Å²) in [6, 6.07) is 15.4. The highest BCUT2D eigenvalue weighted by atomic mass is 16.5. The van der Waals surface area contributed by atoms with E-state index in [4.69, 9.17) is 4.74 Å². The van der Waals surface area contributed by atoms with Crippen LogP contribution in [0.3, 0.4) is 0 Å². The summed E-state index contributed by atoms with van der Waals surface area (Å²) in [4.78, 5) is 12.2. The molecule has 2 aromatic carbocycles. The van der Waals surface area contributed by atoms with Crippen molar-refractivity contribution < 1.29 is 9.53 Å². The van der Waals surface area contributed by atoms with Crippen LogP contribution in [0.4, 0.5) is 11.4 Å². The normalized spacial score (nSPS) is 13.2. The maximum absolute atomic E-state index is 12.2. The first-order valence-corrected chi connectivity index (χ1v) is 8.79. The van der Waals surface area contributed by atoms with Crippen LogP contribution < -0.4 is 15.4 Å². The van der Waals surface area contributed by atoms with Gasteiger partial charge in [0.2, 0.25) is 5.91 Å². The summed E-state index contributed by atoms with van der Waals surface area (Å²) in [6.07, 6.45) is 2.22. The summed E-state index contributed by atoms with van der Waals surface area (Å²) in [6.45, 7) is 0.147. The van der Waals surface area contributed by atoms with Crippen LogP contribution in [0.2, 0.25) is 0 Å². The SMILES string of the molecule is COc1cccc(NC(=O)CNc2cccc(-c3nnnn3C3CC3)c2)c1. The number of tetrazole rings is 1. The van der Waals surface area contributed by atoms with Crippen LogP contribution in [-0.2, 0) is 4.79 Å². The number of carbonyl (C=O) groups excluding carboxylic acids is 1. The maximum Gasteiger partial charge on any atom is 0.243 e. The van der Waals surface area contributed by atoms with E-state index in [-0.39, 0.29) is 12.5 Å². The molecule has 1 fully saturated rings. The summed E-state index contributed by atoms with van der Waals surface area (Å²) in [5.74, 6) is 1.31. The largest absolute Gasteiger partial charge is 0.497 e. The zero-order valence-corrected chi connectivity index (χ0v) is 14.9. The van der Waals surface area contributed by atoms with E-state index in [1.807, 2.05) is 47.1 Å². The smallest absolute Gasteiger partial charge is 0.243 e. The van der Waals surface area contributed by atoms with Crippen LogP contribution in [0, 0.1) is 0 Å². The van der Waals surface area contributed by atoms with Gasteiger partial charge >= 0.3 is 0 Å². The fourth-order valence-electron chi connectivity index (χ4n) is 2.81. The first kappa shape index (κ1) is 17.0. The van der Waals surface area contributed by atoms with Crippen molar-refractivity contribution in [1.82, 2.24) is 20.2 Å². The number of nitrogens with zero attached hydrogens (tertiary/aromatic N) is 4.